The smallest absolute Gasteiger partial charge is 0.0454 e. The van der Waals surface area contributed by atoms with Gasteiger partial charge in [0, 0.05) is 16.1 Å². The molecule has 0 radical (unpaired) electrons. The highest BCUT2D eigenvalue weighted by atomic mass is 35.5. The molecule has 0 spiro atoms. The van der Waals surface area contributed by atoms with Crippen LogP contribution in [0.25, 0.3) is 0 Å². The zero-order valence-corrected chi connectivity index (χ0v) is 10.8. The maximum absolute atomic E-state index is 6.30. The molecule has 0 bridgehead atoms. The van der Waals surface area contributed by atoms with Crippen molar-refractivity contribution in [3.05, 3.63) is 33.8 Å². The Labute approximate surface area is 107 Å². The molecule has 1 saturated carbocycles. The van der Waals surface area contributed by atoms with Crippen LogP contribution in [0, 0.1) is 5.92 Å². The van der Waals surface area contributed by atoms with Crippen LogP contribution in [0.4, 0.5) is 0 Å². The number of benzene rings is 1. The highest BCUT2D eigenvalue weighted by molar-refractivity contribution is 6.33. The molecule has 1 nitrogen and oxygen atoms in total. The number of rotatable bonds is 2. The van der Waals surface area contributed by atoms with E-state index in [1.54, 1.807) is 6.07 Å². The summed E-state index contributed by atoms with van der Waals surface area (Å²) in [5.74, 6) is 0.560. The van der Waals surface area contributed by atoms with Crippen LogP contribution in [-0.4, -0.2) is 0 Å². The molecule has 2 N–H and O–H groups in total. The van der Waals surface area contributed by atoms with Crippen molar-refractivity contribution in [3.63, 3.8) is 0 Å². The molecule has 1 aliphatic carbocycles. The van der Waals surface area contributed by atoms with Crippen molar-refractivity contribution in [2.45, 2.75) is 38.1 Å². The van der Waals surface area contributed by atoms with Gasteiger partial charge in [0.2, 0.25) is 0 Å². The van der Waals surface area contributed by atoms with Crippen LogP contribution in [0.5, 0.6) is 0 Å². The van der Waals surface area contributed by atoms with E-state index in [4.69, 9.17) is 28.9 Å². The summed E-state index contributed by atoms with van der Waals surface area (Å²) in [4.78, 5) is 0. The molecule has 1 aliphatic rings. The predicted molar refractivity (Wildman–Crippen MR) is 70.0 cm³/mol. The second-order valence-corrected chi connectivity index (χ2v) is 5.43. The fraction of sp³-hybridized carbons (Fsp3) is 0.538. The first-order chi connectivity index (χ1) is 7.68. The highest BCUT2D eigenvalue weighted by Crippen LogP contribution is 2.36. The molecule has 2 rings (SSSR count). The largest absolute Gasteiger partial charge is 0.324 e. The second-order valence-electron chi connectivity index (χ2n) is 4.59. The number of nitrogens with two attached hydrogens (primary N) is 1. The lowest BCUT2D eigenvalue weighted by Gasteiger charge is -2.28. The van der Waals surface area contributed by atoms with E-state index < -0.39 is 0 Å². The zero-order valence-electron chi connectivity index (χ0n) is 9.26. The minimum absolute atomic E-state index is 0.0338. The van der Waals surface area contributed by atoms with Gasteiger partial charge in [0.05, 0.1) is 0 Å². The van der Waals surface area contributed by atoms with Crippen molar-refractivity contribution in [3.8, 4) is 0 Å². The van der Waals surface area contributed by atoms with Crippen LogP contribution >= 0.6 is 23.2 Å². The van der Waals surface area contributed by atoms with Crippen molar-refractivity contribution in [1.82, 2.24) is 0 Å². The Hall–Kier alpha value is -0.240. The topological polar surface area (TPSA) is 26.0 Å². The Morgan fingerprint density at radius 3 is 2.50 bits per heavy atom. The van der Waals surface area contributed by atoms with Gasteiger partial charge in [-0.2, -0.15) is 0 Å². The summed E-state index contributed by atoms with van der Waals surface area (Å²) in [6, 6.07) is 5.58. The number of halogens is 2. The molecule has 88 valence electrons. The van der Waals surface area contributed by atoms with E-state index in [1.165, 1.54) is 32.1 Å². The summed E-state index contributed by atoms with van der Waals surface area (Å²) in [6.07, 6.45) is 6.34. The highest BCUT2D eigenvalue weighted by Gasteiger charge is 2.23. The van der Waals surface area contributed by atoms with Crippen LogP contribution in [0.1, 0.15) is 43.7 Å². The van der Waals surface area contributed by atoms with E-state index in [2.05, 4.69) is 0 Å². The quantitative estimate of drug-likeness (QED) is 0.825. The molecule has 0 aromatic heterocycles. The van der Waals surface area contributed by atoms with E-state index in [0.717, 1.165) is 10.6 Å². The molecule has 1 atom stereocenters. The van der Waals surface area contributed by atoms with Crippen molar-refractivity contribution < 1.29 is 0 Å². The molecular weight excluding hydrogens is 241 g/mol. The van der Waals surface area contributed by atoms with Crippen LogP contribution in [0.15, 0.2) is 18.2 Å². The average molecular weight is 258 g/mol. The third-order valence-electron chi connectivity index (χ3n) is 3.47. The Morgan fingerprint density at radius 1 is 1.12 bits per heavy atom. The third kappa shape index (κ3) is 2.71. The monoisotopic (exact) mass is 257 g/mol. The molecule has 0 aliphatic heterocycles. The zero-order chi connectivity index (χ0) is 11.5. The molecule has 16 heavy (non-hydrogen) atoms. The summed E-state index contributed by atoms with van der Waals surface area (Å²) in [5.41, 5.74) is 7.30. The van der Waals surface area contributed by atoms with E-state index in [-0.39, 0.29) is 6.04 Å². The molecule has 0 heterocycles. The molecule has 1 fully saturated rings. The first kappa shape index (κ1) is 12.2. The number of hydrogen-bond donors (Lipinski definition) is 1. The summed E-state index contributed by atoms with van der Waals surface area (Å²) in [6.45, 7) is 0. The van der Waals surface area contributed by atoms with Gasteiger partial charge in [-0.1, -0.05) is 42.5 Å². The minimum Gasteiger partial charge on any atom is -0.324 e. The van der Waals surface area contributed by atoms with Crippen LogP contribution < -0.4 is 5.73 Å². The summed E-state index contributed by atoms with van der Waals surface area (Å²) in [5, 5.41) is 1.45. The van der Waals surface area contributed by atoms with E-state index in [1.807, 2.05) is 12.1 Å². The molecule has 0 amide bonds. The van der Waals surface area contributed by atoms with Gasteiger partial charge in [0.15, 0.2) is 0 Å². The molecule has 1 aromatic rings. The lowest BCUT2D eigenvalue weighted by molar-refractivity contribution is 0.308. The summed E-state index contributed by atoms with van der Waals surface area (Å²) >= 11 is 12.2. The van der Waals surface area contributed by atoms with Crippen molar-refractivity contribution in [1.29, 1.82) is 0 Å². The van der Waals surface area contributed by atoms with Gasteiger partial charge in [-0.25, -0.2) is 0 Å². The molecule has 1 aromatic carbocycles. The summed E-state index contributed by atoms with van der Waals surface area (Å²) in [7, 11) is 0. The summed E-state index contributed by atoms with van der Waals surface area (Å²) < 4.78 is 0. The molecular formula is C13H17Cl2N. The number of hydrogen-bond acceptors (Lipinski definition) is 1. The first-order valence-corrected chi connectivity index (χ1v) is 6.64. The molecule has 3 heteroatoms. The molecule has 0 saturated heterocycles. The lowest BCUT2D eigenvalue weighted by Crippen LogP contribution is -2.23. The van der Waals surface area contributed by atoms with Crippen molar-refractivity contribution in [2.24, 2.45) is 11.7 Å². The van der Waals surface area contributed by atoms with Crippen LogP contribution in [-0.2, 0) is 0 Å². The standard InChI is InChI=1S/C13H17Cl2N/c14-10-6-7-12(15)11(8-10)13(16)9-4-2-1-3-5-9/h6-9,13H,1-5,16H2/t13-/m1/s1. The van der Waals surface area contributed by atoms with Crippen molar-refractivity contribution >= 4 is 23.2 Å². The van der Waals surface area contributed by atoms with Gasteiger partial charge in [0.25, 0.3) is 0 Å². The van der Waals surface area contributed by atoms with E-state index in [0.29, 0.717) is 10.9 Å². The Kier molecular flexibility index (Phi) is 4.12. The predicted octanol–water partition coefficient (Wildman–Crippen LogP) is 4.57. The normalized spacial score (nSPS) is 19.7. The molecule has 0 unspecified atom stereocenters. The first-order valence-electron chi connectivity index (χ1n) is 5.89. The van der Waals surface area contributed by atoms with Gasteiger partial charge in [-0.3, -0.25) is 0 Å². The SMILES string of the molecule is N[C@@H](c1cc(Cl)ccc1Cl)C1CCCCC1. The van der Waals surface area contributed by atoms with Crippen molar-refractivity contribution in [2.75, 3.05) is 0 Å². The van der Waals surface area contributed by atoms with Gasteiger partial charge in [-0.15, -0.1) is 0 Å². The van der Waals surface area contributed by atoms with Crippen LogP contribution in [0.3, 0.4) is 0 Å². The Morgan fingerprint density at radius 2 is 1.81 bits per heavy atom. The average Bonchev–Trinajstić information content (AvgIpc) is 2.32. The van der Waals surface area contributed by atoms with Gasteiger partial charge in [0.1, 0.15) is 0 Å². The van der Waals surface area contributed by atoms with E-state index in [9.17, 15) is 0 Å². The fourth-order valence-electron chi connectivity index (χ4n) is 2.52. The van der Waals surface area contributed by atoms with Gasteiger partial charge < -0.3 is 5.73 Å². The van der Waals surface area contributed by atoms with Crippen LogP contribution in [0.2, 0.25) is 10.0 Å². The van der Waals surface area contributed by atoms with Gasteiger partial charge >= 0.3 is 0 Å². The third-order valence-corrected chi connectivity index (χ3v) is 4.05. The minimum atomic E-state index is 0.0338. The van der Waals surface area contributed by atoms with Gasteiger partial charge in [-0.05, 0) is 42.5 Å². The maximum Gasteiger partial charge on any atom is 0.0454 e. The van der Waals surface area contributed by atoms with E-state index >= 15 is 0 Å². The maximum atomic E-state index is 6.30. The fourth-order valence-corrected chi connectivity index (χ4v) is 2.94. The Bertz CT molecular complexity index is 359. The lowest BCUT2D eigenvalue weighted by atomic mass is 9.81. The Balaban J connectivity index is 2.18. The second kappa shape index (κ2) is 5.39.